The molecule has 0 radical (unpaired) electrons. The number of rotatable bonds is 3. The molecule has 0 aliphatic rings. The van der Waals surface area contributed by atoms with Gasteiger partial charge in [-0.05, 0) is 13.0 Å². The van der Waals surface area contributed by atoms with E-state index in [1.165, 1.54) is 19.1 Å². The first-order valence-electron chi connectivity index (χ1n) is 4.01. The molecule has 0 amide bonds. The van der Waals surface area contributed by atoms with Gasteiger partial charge in [0, 0.05) is 17.2 Å². The molecule has 0 bridgehead atoms. The van der Waals surface area contributed by atoms with Crippen molar-refractivity contribution >= 4 is 39.0 Å². The van der Waals surface area contributed by atoms with Crippen LogP contribution >= 0.6 is 27.5 Å². The second-order valence-corrected chi connectivity index (χ2v) is 3.85. The summed E-state index contributed by atoms with van der Waals surface area (Å²) in [6.07, 6.45) is 0. The van der Waals surface area contributed by atoms with Crippen molar-refractivity contribution in [2.24, 2.45) is 0 Å². The van der Waals surface area contributed by atoms with E-state index in [2.05, 4.69) is 15.9 Å². The van der Waals surface area contributed by atoms with E-state index in [-0.39, 0.29) is 27.4 Å². The van der Waals surface area contributed by atoms with Crippen molar-refractivity contribution in [1.82, 2.24) is 0 Å². The number of alkyl halides is 1. The van der Waals surface area contributed by atoms with Gasteiger partial charge in [-0.15, -0.1) is 0 Å². The number of ketones is 1. The standard InChI is InChI=1S/C9H7BrClNO3/c1-5-7(12(14)15)3-2-6(11)9(5)8(13)4-10/h2-3H,4H2,1H3. The van der Waals surface area contributed by atoms with Gasteiger partial charge in [-0.2, -0.15) is 0 Å². The molecule has 0 atom stereocenters. The van der Waals surface area contributed by atoms with Crippen LogP contribution in [0.1, 0.15) is 15.9 Å². The van der Waals surface area contributed by atoms with Crippen LogP contribution in [0.5, 0.6) is 0 Å². The third kappa shape index (κ3) is 2.35. The number of benzene rings is 1. The topological polar surface area (TPSA) is 60.2 Å². The second kappa shape index (κ2) is 4.72. The number of Topliss-reactive ketones (excluding diaryl/α,β-unsaturated/α-hetero) is 1. The molecule has 0 aromatic heterocycles. The highest BCUT2D eigenvalue weighted by atomic mass is 79.9. The first-order valence-corrected chi connectivity index (χ1v) is 5.51. The van der Waals surface area contributed by atoms with E-state index >= 15 is 0 Å². The van der Waals surface area contributed by atoms with E-state index < -0.39 is 4.92 Å². The molecule has 15 heavy (non-hydrogen) atoms. The Balaban J connectivity index is 3.43. The van der Waals surface area contributed by atoms with E-state index in [0.717, 1.165) is 0 Å². The third-order valence-corrected chi connectivity index (χ3v) is 2.81. The molecule has 0 aliphatic carbocycles. The number of hydrogen-bond acceptors (Lipinski definition) is 3. The Kier molecular flexibility index (Phi) is 3.82. The first kappa shape index (κ1) is 12.1. The number of nitro groups is 1. The smallest absolute Gasteiger partial charge is 0.273 e. The summed E-state index contributed by atoms with van der Waals surface area (Å²) in [6, 6.07) is 2.66. The molecule has 0 saturated carbocycles. The highest BCUT2D eigenvalue weighted by Crippen LogP contribution is 2.28. The van der Waals surface area contributed by atoms with Gasteiger partial charge in [0.1, 0.15) is 0 Å². The van der Waals surface area contributed by atoms with Gasteiger partial charge in [0.05, 0.1) is 15.3 Å². The van der Waals surface area contributed by atoms with Crippen molar-refractivity contribution in [3.63, 3.8) is 0 Å². The van der Waals surface area contributed by atoms with E-state index in [4.69, 9.17) is 11.6 Å². The molecule has 0 unspecified atom stereocenters. The average Bonchev–Trinajstić information content (AvgIpc) is 2.16. The molecule has 0 N–H and O–H groups in total. The number of nitrogens with zero attached hydrogens (tertiary/aromatic N) is 1. The Hall–Kier alpha value is -0.940. The molecular weight excluding hydrogens is 285 g/mol. The van der Waals surface area contributed by atoms with E-state index in [0.29, 0.717) is 5.56 Å². The lowest BCUT2D eigenvalue weighted by Gasteiger charge is -2.05. The molecule has 1 aromatic rings. The molecule has 4 nitrogen and oxygen atoms in total. The van der Waals surface area contributed by atoms with Crippen LogP contribution in [0.2, 0.25) is 5.02 Å². The van der Waals surface area contributed by atoms with Gasteiger partial charge < -0.3 is 0 Å². The van der Waals surface area contributed by atoms with Crippen molar-refractivity contribution in [1.29, 1.82) is 0 Å². The van der Waals surface area contributed by atoms with Gasteiger partial charge in [-0.3, -0.25) is 14.9 Å². The molecule has 0 fully saturated rings. The van der Waals surface area contributed by atoms with Gasteiger partial charge >= 0.3 is 0 Å². The van der Waals surface area contributed by atoms with E-state index in [9.17, 15) is 14.9 Å². The predicted octanol–water partition coefficient (Wildman–Crippen LogP) is 3.13. The Morgan fingerprint density at radius 1 is 1.60 bits per heavy atom. The minimum absolute atomic E-state index is 0.0920. The Labute approximate surface area is 99.5 Å². The van der Waals surface area contributed by atoms with Crippen molar-refractivity contribution < 1.29 is 9.72 Å². The van der Waals surface area contributed by atoms with Crippen molar-refractivity contribution in [2.75, 3.05) is 5.33 Å². The maximum atomic E-state index is 11.5. The summed E-state index contributed by atoms with van der Waals surface area (Å²) in [7, 11) is 0. The summed E-state index contributed by atoms with van der Waals surface area (Å²) in [5, 5.41) is 11.0. The molecule has 80 valence electrons. The van der Waals surface area contributed by atoms with Crippen LogP contribution < -0.4 is 0 Å². The molecule has 0 saturated heterocycles. The van der Waals surface area contributed by atoms with Crippen LogP contribution in [0.15, 0.2) is 12.1 Å². The van der Waals surface area contributed by atoms with Crippen molar-refractivity contribution in [2.45, 2.75) is 6.92 Å². The number of halogens is 2. The molecule has 0 aliphatic heterocycles. The fourth-order valence-electron chi connectivity index (χ4n) is 1.27. The third-order valence-electron chi connectivity index (χ3n) is 1.98. The number of carbonyl (C=O) groups is 1. The monoisotopic (exact) mass is 291 g/mol. The van der Waals surface area contributed by atoms with Crippen molar-refractivity contribution in [3.8, 4) is 0 Å². The van der Waals surface area contributed by atoms with Gasteiger partial charge in [-0.1, -0.05) is 27.5 Å². The van der Waals surface area contributed by atoms with Gasteiger partial charge in [0.25, 0.3) is 5.69 Å². The zero-order valence-electron chi connectivity index (χ0n) is 7.79. The SMILES string of the molecule is Cc1c([N+](=O)[O-])ccc(Cl)c1C(=O)CBr. The fraction of sp³-hybridized carbons (Fsp3) is 0.222. The first-order chi connectivity index (χ1) is 6.99. The molecule has 0 spiro atoms. The summed E-state index contributed by atoms with van der Waals surface area (Å²) in [6.45, 7) is 1.51. The summed E-state index contributed by atoms with van der Waals surface area (Å²) >= 11 is 8.82. The van der Waals surface area contributed by atoms with Crippen molar-refractivity contribution in [3.05, 3.63) is 38.4 Å². The van der Waals surface area contributed by atoms with Gasteiger partial charge in [-0.25, -0.2) is 0 Å². The van der Waals surface area contributed by atoms with Gasteiger partial charge in [0.15, 0.2) is 5.78 Å². The van der Waals surface area contributed by atoms with Crippen LogP contribution in [0.25, 0.3) is 0 Å². The summed E-state index contributed by atoms with van der Waals surface area (Å²) in [4.78, 5) is 21.6. The Morgan fingerprint density at radius 3 is 2.67 bits per heavy atom. The minimum atomic E-state index is -0.531. The molecule has 1 aromatic carbocycles. The summed E-state index contributed by atoms with van der Waals surface area (Å²) in [5.74, 6) is -0.263. The molecular formula is C9H7BrClNO3. The van der Waals surface area contributed by atoms with Crippen LogP contribution in [0.3, 0.4) is 0 Å². The highest BCUT2D eigenvalue weighted by molar-refractivity contribution is 9.09. The average molecular weight is 293 g/mol. The largest absolute Gasteiger partial charge is 0.293 e. The number of nitro benzene ring substituents is 1. The number of carbonyl (C=O) groups excluding carboxylic acids is 1. The molecule has 1 rings (SSSR count). The fourth-order valence-corrected chi connectivity index (χ4v) is 1.87. The van der Waals surface area contributed by atoms with Crippen LogP contribution in [-0.4, -0.2) is 16.0 Å². The molecule has 6 heteroatoms. The van der Waals surface area contributed by atoms with Crippen LogP contribution in [-0.2, 0) is 0 Å². The Morgan fingerprint density at radius 2 is 2.20 bits per heavy atom. The van der Waals surface area contributed by atoms with Gasteiger partial charge in [0.2, 0.25) is 0 Å². The number of hydrogen-bond donors (Lipinski definition) is 0. The Bertz CT molecular complexity index is 434. The summed E-state index contributed by atoms with van der Waals surface area (Å²) in [5.41, 5.74) is 0.420. The minimum Gasteiger partial charge on any atom is -0.293 e. The zero-order chi connectivity index (χ0) is 11.6. The van der Waals surface area contributed by atoms with Crippen LogP contribution in [0, 0.1) is 17.0 Å². The molecule has 0 heterocycles. The van der Waals surface area contributed by atoms with Crippen LogP contribution in [0.4, 0.5) is 5.69 Å². The quantitative estimate of drug-likeness (QED) is 0.372. The maximum absolute atomic E-state index is 11.5. The maximum Gasteiger partial charge on any atom is 0.273 e. The second-order valence-electron chi connectivity index (χ2n) is 2.88. The van der Waals surface area contributed by atoms with E-state index in [1.807, 2.05) is 0 Å². The lowest BCUT2D eigenvalue weighted by atomic mass is 10.0. The lowest BCUT2D eigenvalue weighted by Crippen LogP contribution is -2.06. The lowest BCUT2D eigenvalue weighted by molar-refractivity contribution is -0.385. The van der Waals surface area contributed by atoms with E-state index in [1.54, 1.807) is 0 Å². The summed E-state index contributed by atoms with van der Waals surface area (Å²) < 4.78 is 0. The zero-order valence-corrected chi connectivity index (χ0v) is 10.1. The normalized spacial score (nSPS) is 10.1. The highest BCUT2D eigenvalue weighted by Gasteiger charge is 2.20. The predicted molar refractivity (Wildman–Crippen MR) is 61.0 cm³/mol.